The van der Waals surface area contributed by atoms with Gasteiger partial charge < -0.3 is 5.32 Å². The molecule has 14 heavy (non-hydrogen) atoms. The highest BCUT2D eigenvalue weighted by Gasteiger charge is 2.21. The molecular weight excluding hydrogens is 178 g/mol. The van der Waals surface area contributed by atoms with Crippen LogP contribution < -0.4 is 5.32 Å². The molecule has 0 radical (unpaired) electrons. The van der Waals surface area contributed by atoms with Crippen LogP contribution in [0, 0.1) is 11.3 Å². The average Bonchev–Trinajstić information content (AvgIpc) is 2.16. The van der Waals surface area contributed by atoms with E-state index >= 15 is 0 Å². The van der Waals surface area contributed by atoms with Crippen LogP contribution in [-0.2, 0) is 4.79 Å². The summed E-state index contributed by atoms with van der Waals surface area (Å²) in [5.41, 5.74) is 0. The zero-order valence-corrected chi connectivity index (χ0v) is 9.37. The van der Waals surface area contributed by atoms with Crippen LogP contribution in [0.5, 0.6) is 0 Å². The van der Waals surface area contributed by atoms with Crippen LogP contribution in [-0.4, -0.2) is 36.5 Å². The van der Waals surface area contributed by atoms with Gasteiger partial charge in [-0.05, 0) is 20.8 Å². The fourth-order valence-electron chi connectivity index (χ4n) is 1.44. The van der Waals surface area contributed by atoms with E-state index in [0.717, 1.165) is 0 Å². The second kappa shape index (κ2) is 6.39. The lowest BCUT2D eigenvalue weighted by Crippen LogP contribution is -2.47. The molecule has 0 aliphatic heterocycles. The van der Waals surface area contributed by atoms with E-state index in [0.29, 0.717) is 13.0 Å². The molecule has 0 saturated carbocycles. The Bertz CT molecular complexity index is 220. The Morgan fingerprint density at radius 3 is 2.43 bits per heavy atom. The first-order valence-corrected chi connectivity index (χ1v) is 4.88. The van der Waals surface area contributed by atoms with Gasteiger partial charge in [-0.2, -0.15) is 5.26 Å². The molecule has 0 spiro atoms. The summed E-state index contributed by atoms with van der Waals surface area (Å²) in [7, 11) is 1.63. The summed E-state index contributed by atoms with van der Waals surface area (Å²) in [6.07, 6.45) is 0.458. The van der Waals surface area contributed by atoms with Crippen LogP contribution in [0.3, 0.4) is 0 Å². The standard InChI is InChI=1S/C10H19N3O/c1-8(2)13(7-5-6-11)9(3)10(14)12-4/h8-9H,5,7H2,1-4H3,(H,12,14). The summed E-state index contributed by atoms with van der Waals surface area (Å²) in [6.45, 7) is 6.55. The Balaban J connectivity index is 4.34. The summed E-state index contributed by atoms with van der Waals surface area (Å²) in [6, 6.07) is 2.19. The summed E-state index contributed by atoms with van der Waals surface area (Å²) >= 11 is 0. The van der Waals surface area contributed by atoms with Gasteiger partial charge in [-0.1, -0.05) is 0 Å². The maximum Gasteiger partial charge on any atom is 0.236 e. The molecule has 0 heterocycles. The molecule has 0 fully saturated rings. The Labute approximate surface area is 85.9 Å². The number of carbonyl (C=O) groups excluding carboxylic acids is 1. The molecule has 4 heteroatoms. The van der Waals surface area contributed by atoms with Crippen LogP contribution in [0.2, 0.25) is 0 Å². The molecule has 0 saturated heterocycles. The topological polar surface area (TPSA) is 56.1 Å². The van der Waals surface area contributed by atoms with Gasteiger partial charge >= 0.3 is 0 Å². The van der Waals surface area contributed by atoms with E-state index in [1.807, 2.05) is 25.7 Å². The number of likely N-dealkylation sites (N-methyl/N-ethyl adjacent to an activating group) is 1. The van der Waals surface area contributed by atoms with Gasteiger partial charge in [0.15, 0.2) is 0 Å². The van der Waals surface area contributed by atoms with E-state index < -0.39 is 0 Å². The lowest BCUT2D eigenvalue weighted by molar-refractivity contribution is -0.126. The average molecular weight is 197 g/mol. The fraction of sp³-hybridized carbons (Fsp3) is 0.800. The van der Waals surface area contributed by atoms with E-state index in [1.165, 1.54) is 0 Å². The Hall–Kier alpha value is -1.08. The van der Waals surface area contributed by atoms with Crippen LogP contribution in [0.25, 0.3) is 0 Å². The maximum atomic E-state index is 11.4. The van der Waals surface area contributed by atoms with Gasteiger partial charge in [-0.25, -0.2) is 0 Å². The smallest absolute Gasteiger partial charge is 0.236 e. The summed E-state index contributed by atoms with van der Waals surface area (Å²) in [5.74, 6) is -0.00311. The molecule has 1 atom stereocenters. The predicted octanol–water partition coefficient (Wildman–Crippen LogP) is 0.745. The largest absolute Gasteiger partial charge is 0.358 e. The first kappa shape index (κ1) is 12.9. The minimum Gasteiger partial charge on any atom is -0.358 e. The Kier molecular flexibility index (Phi) is 5.89. The third-order valence-corrected chi connectivity index (χ3v) is 2.27. The first-order valence-electron chi connectivity index (χ1n) is 4.88. The number of rotatable bonds is 5. The molecule has 0 aliphatic carbocycles. The molecule has 1 N–H and O–H groups in total. The monoisotopic (exact) mass is 197 g/mol. The van der Waals surface area contributed by atoms with Gasteiger partial charge in [0, 0.05) is 26.1 Å². The molecule has 0 aromatic carbocycles. The van der Waals surface area contributed by atoms with Gasteiger partial charge in [0.05, 0.1) is 12.1 Å². The molecule has 0 bridgehead atoms. The third-order valence-electron chi connectivity index (χ3n) is 2.27. The van der Waals surface area contributed by atoms with Gasteiger partial charge in [0.1, 0.15) is 0 Å². The molecule has 0 aliphatic rings. The number of nitrogens with zero attached hydrogens (tertiary/aromatic N) is 2. The van der Waals surface area contributed by atoms with E-state index in [4.69, 9.17) is 5.26 Å². The molecule has 0 aromatic heterocycles. The molecule has 1 unspecified atom stereocenters. The highest BCUT2D eigenvalue weighted by Crippen LogP contribution is 2.06. The van der Waals surface area contributed by atoms with Crippen molar-refractivity contribution in [3.8, 4) is 6.07 Å². The summed E-state index contributed by atoms with van der Waals surface area (Å²) < 4.78 is 0. The summed E-state index contributed by atoms with van der Waals surface area (Å²) in [4.78, 5) is 13.4. The van der Waals surface area contributed by atoms with Crippen molar-refractivity contribution in [2.75, 3.05) is 13.6 Å². The Morgan fingerprint density at radius 2 is 2.07 bits per heavy atom. The first-order chi connectivity index (χ1) is 6.54. The van der Waals surface area contributed by atoms with Crippen molar-refractivity contribution in [2.45, 2.75) is 39.3 Å². The zero-order valence-electron chi connectivity index (χ0n) is 9.37. The molecule has 4 nitrogen and oxygen atoms in total. The zero-order chi connectivity index (χ0) is 11.1. The minimum absolute atomic E-state index is 0.00311. The van der Waals surface area contributed by atoms with E-state index in [9.17, 15) is 4.79 Å². The normalized spacial score (nSPS) is 12.6. The van der Waals surface area contributed by atoms with E-state index in [1.54, 1.807) is 7.05 Å². The van der Waals surface area contributed by atoms with Crippen LogP contribution >= 0.6 is 0 Å². The van der Waals surface area contributed by atoms with Crippen molar-refractivity contribution in [3.05, 3.63) is 0 Å². The number of nitriles is 1. The highest BCUT2D eigenvalue weighted by atomic mass is 16.2. The Morgan fingerprint density at radius 1 is 1.50 bits per heavy atom. The number of amides is 1. The number of carbonyl (C=O) groups is 1. The van der Waals surface area contributed by atoms with Crippen LogP contribution in [0.4, 0.5) is 0 Å². The fourth-order valence-corrected chi connectivity index (χ4v) is 1.44. The SMILES string of the molecule is CNC(=O)C(C)N(CCC#N)C(C)C. The van der Waals surface area contributed by atoms with Crippen molar-refractivity contribution in [2.24, 2.45) is 0 Å². The molecule has 1 amide bonds. The third kappa shape index (κ3) is 3.75. The van der Waals surface area contributed by atoms with Crippen molar-refractivity contribution < 1.29 is 4.79 Å². The van der Waals surface area contributed by atoms with Crippen molar-refractivity contribution in [3.63, 3.8) is 0 Å². The lowest BCUT2D eigenvalue weighted by Gasteiger charge is -2.30. The van der Waals surface area contributed by atoms with Crippen molar-refractivity contribution in [1.82, 2.24) is 10.2 Å². The van der Waals surface area contributed by atoms with Crippen LogP contribution in [0.15, 0.2) is 0 Å². The van der Waals surface area contributed by atoms with Crippen LogP contribution in [0.1, 0.15) is 27.2 Å². The molecule has 0 rings (SSSR count). The van der Waals surface area contributed by atoms with Gasteiger partial charge in [0.25, 0.3) is 0 Å². The van der Waals surface area contributed by atoms with E-state index in [2.05, 4.69) is 11.4 Å². The van der Waals surface area contributed by atoms with Gasteiger partial charge in [-0.15, -0.1) is 0 Å². The van der Waals surface area contributed by atoms with E-state index in [-0.39, 0.29) is 18.0 Å². The second-order valence-corrected chi connectivity index (χ2v) is 3.53. The molecule has 0 aromatic rings. The number of nitrogens with one attached hydrogen (secondary N) is 1. The van der Waals surface area contributed by atoms with Gasteiger partial charge in [0.2, 0.25) is 5.91 Å². The summed E-state index contributed by atoms with van der Waals surface area (Å²) in [5, 5.41) is 11.1. The highest BCUT2D eigenvalue weighted by molar-refractivity contribution is 5.80. The lowest BCUT2D eigenvalue weighted by atomic mass is 10.2. The number of hydrogen-bond donors (Lipinski definition) is 1. The predicted molar refractivity (Wildman–Crippen MR) is 55.6 cm³/mol. The quantitative estimate of drug-likeness (QED) is 0.707. The van der Waals surface area contributed by atoms with Gasteiger partial charge in [-0.3, -0.25) is 9.69 Å². The molecular formula is C10H19N3O. The molecule has 80 valence electrons. The maximum absolute atomic E-state index is 11.4. The minimum atomic E-state index is -0.173. The van der Waals surface area contributed by atoms with Crippen molar-refractivity contribution >= 4 is 5.91 Å². The second-order valence-electron chi connectivity index (χ2n) is 3.53. The van der Waals surface area contributed by atoms with Crippen molar-refractivity contribution in [1.29, 1.82) is 5.26 Å². The number of hydrogen-bond acceptors (Lipinski definition) is 3.